The van der Waals surface area contributed by atoms with Crippen LogP contribution in [0, 0.1) is 18.3 Å². The predicted molar refractivity (Wildman–Crippen MR) is 65.9 cm³/mol. The molecule has 0 saturated carbocycles. The van der Waals surface area contributed by atoms with Gasteiger partial charge in [-0.15, -0.1) is 0 Å². The van der Waals surface area contributed by atoms with Crippen molar-refractivity contribution in [2.24, 2.45) is 0 Å². The van der Waals surface area contributed by atoms with Crippen LogP contribution < -0.4 is 0 Å². The molecule has 0 N–H and O–H groups in total. The fourth-order valence-corrected chi connectivity index (χ4v) is 2.28. The Hall–Kier alpha value is -2.20. The summed E-state index contributed by atoms with van der Waals surface area (Å²) in [7, 11) is 0. The van der Waals surface area contributed by atoms with Crippen molar-refractivity contribution >= 4 is 0 Å². The van der Waals surface area contributed by atoms with Crippen LogP contribution in [-0.4, -0.2) is 28.5 Å². The zero-order valence-corrected chi connectivity index (χ0v) is 11.1. The van der Waals surface area contributed by atoms with Gasteiger partial charge in [0.2, 0.25) is 5.89 Å². The first-order chi connectivity index (χ1) is 9.78. The molecule has 1 fully saturated rings. The van der Waals surface area contributed by atoms with Crippen LogP contribution in [0.5, 0.6) is 0 Å². The highest BCUT2D eigenvalue weighted by Crippen LogP contribution is 2.23. The lowest BCUT2D eigenvalue weighted by Crippen LogP contribution is -2.16. The van der Waals surface area contributed by atoms with E-state index in [0.29, 0.717) is 41.8 Å². The normalized spacial score (nSPS) is 18.9. The van der Waals surface area contributed by atoms with Crippen LogP contribution >= 0.6 is 0 Å². The molecule has 1 aliphatic rings. The Bertz CT molecular complexity index is 634. The van der Waals surface area contributed by atoms with E-state index in [4.69, 9.17) is 19.0 Å². The number of hydrogen-bond donors (Lipinski definition) is 0. The van der Waals surface area contributed by atoms with Crippen molar-refractivity contribution in [3.05, 3.63) is 28.7 Å². The van der Waals surface area contributed by atoms with Gasteiger partial charge >= 0.3 is 0 Å². The van der Waals surface area contributed by atoms with Gasteiger partial charge in [0.15, 0.2) is 11.6 Å². The Morgan fingerprint density at radius 2 is 2.25 bits per heavy atom. The van der Waals surface area contributed by atoms with Gasteiger partial charge in [0.1, 0.15) is 17.3 Å². The SMILES string of the molecule is Cc1onc(Cc2nc(C3CCCOC3)no2)c1C#N. The largest absolute Gasteiger partial charge is 0.381 e. The molecule has 0 aromatic carbocycles. The maximum atomic E-state index is 9.04. The molecule has 0 spiro atoms. The number of nitrogens with zero attached hydrogens (tertiary/aromatic N) is 4. The summed E-state index contributed by atoms with van der Waals surface area (Å²) in [4.78, 5) is 4.37. The topological polar surface area (TPSA) is 98.0 Å². The van der Waals surface area contributed by atoms with E-state index >= 15 is 0 Å². The Balaban J connectivity index is 1.75. The van der Waals surface area contributed by atoms with Crippen molar-refractivity contribution in [3.63, 3.8) is 0 Å². The second kappa shape index (κ2) is 5.43. The number of rotatable bonds is 3. The predicted octanol–water partition coefficient (Wildman–Crippen LogP) is 1.72. The molecule has 1 unspecified atom stereocenters. The molecule has 104 valence electrons. The first kappa shape index (κ1) is 12.8. The molecule has 20 heavy (non-hydrogen) atoms. The third kappa shape index (κ3) is 2.42. The quantitative estimate of drug-likeness (QED) is 0.840. The third-order valence-electron chi connectivity index (χ3n) is 3.37. The van der Waals surface area contributed by atoms with E-state index in [1.54, 1.807) is 6.92 Å². The summed E-state index contributed by atoms with van der Waals surface area (Å²) in [5, 5.41) is 16.9. The summed E-state index contributed by atoms with van der Waals surface area (Å²) in [6.07, 6.45) is 2.32. The Labute approximate surface area is 115 Å². The van der Waals surface area contributed by atoms with Crippen LogP contribution in [0.4, 0.5) is 0 Å². The minimum absolute atomic E-state index is 0.190. The first-order valence-corrected chi connectivity index (χ1v) is 6.53. The molecular formula is C13H14N4O3. The van der Waals surface area contributed by atoms with Crippen LogP contribution in [0.15, 0.2) is 9.05 Å². The van der Waals surface area contributed by atoms with Crippen molar-refractivity contribution in [1.29, 1.82) is 5.26 Å². The summed E-state index contributed by atoms with van der Waals surface area (Å²) < 4.78 is 15.6. The van der Waals surface area contributed by atoms with Gasteiger partial charge in [0, 0.05) is 12.5 Å². The van der Waals surface area contributed by atoms with Crippen molar-refractivity contribution in [2.75, 3.05) is 13.2 Å². The molecule has 7 nitrogen and oxygen atoms in total. The highest BCUT2D eigenvalue weighted by atomic mass is 16.5. The van der Waals surface area contributed by atoms with E-state index in [0.717, 1.165) is 19.4 Å². The van der Waals surface area contributed by atoms with Gasteiger partial charge in [0.05, 0.1) is 13.0 Å². The van der Waals surface area contributed by atoms with Crippen LogP contribution in [0.2, 0.25) is 0 Å². The molecular weight excluding hydrogens is 260 g/mol. The van der Waals surface area contributed by atoms with Crippen LogP contribution in [0.1, 0.15) is 47.5 Å². The lowest BCUT2D eigenvalue weighted by molar-refractivity contribution is 0.0773. The molecule has 0 radical (unpaired) electrons. The van der Waals surface area contributed by atoms with E-state index in [1.807, 2.05) is 0 Å². The molecule has 2 aromatic rings. The van der Waals surface area contributed by atoms with Gasteiger partial charge in [-0.2, -0.15) is 10.2 Å². The second-order valence-electron chi connectivity index (χ2n) is 4.81. The van der Waals surface area contributed by atoms with E-state index in [9.17, 15) is 0 Å². The number of aromatic nitrogens is 3. The maximum absolute atomic E-state index is 9.04. The molecule has 0 aliphatic carbocycles. The number of ether oxygens (including phenoxy) is 1. The highest BCUT2D eigenvalue weighted by Gasteiger charge is 2.22. The summed E-state index contributed by atoms with van der Waals surface area (Å²) in [6, 6.07) is 2.07. The molecule has 1 atom stereocenters. The average Bonchev–Trinajstić information content (AvgIpc) is 3.08. The van der Waals surface area contributed by atoms with E-state index in [-0.39, 0.29) is 5.92 Å². The number of hydrogen-bond acceptors (Lipinski definition) is 7. The Kier molecular flexibility index (Phi) is 3.48. The molecule has 0 bridgehead atoms. The van der Waals surface area contributed by atoms with Gasteiger partial charge in [-0.3, -0.25) is 0 Å². The summed E-state index contributed by atoms with van der Waals surface area (Å²) >= 11 is 0. The van der Waals surface area contributed by atoms with Crippen molar-refractivity contribution in [3.8, 4) is 6.07 Å². The highest BCUT2D eigenvalue weighted by molar-refractivity contribution is 5.36. The van der Waals surface area contributed by atoms with Crippen LogP contribution in [0.3, 0.4) is 0 Å². The lowest BCUT2D eigenvalue weighted by Gasteiger charge is -2.18. The van der Waals surface area contributed by atoms with E-state index in [1.165, 1.54) is 0 Å². The molecule has 2 aromatic heterocycles. The van der Waals surface area contributed by atoms with Gasteiger partial charge < -0.3 is 13.8 Å². The maximum Gasteiger partial charge on any atom is 0.232 e. The molecule has 3 heterocycles. The minimum atomic E-state index is 0.190. The van der Waals surface area contributed by atoms with E-state index in [2.05, 4.69) is 21.4 Å². The minimum Gasteiger partial charge on any atom is -0.381 e. The van der Waals surface area contributed by atoms with Crippen LogP contribution in [0.25, 0.3) is 0 Å². The zero-order chi connectivity index (χ0) is 13.9. The van der Waals surface area contributed by atoms with Gasteiger partial charge in [-0.25, -0.2) is 0 Å². The van der Waals surface area contributed by atoms with Gasteiger partial charge in [-0.1, -0.05) is 10.3 Å². The third-order valence-corrected chi connectivity index (χ3v) is 3.37. The van der Waals surface area contributed by atoms with Crippen molar-refractivity contribution in [1.82, 2.24) is 15.3 Å². The molecule has 1 aliphatic heterocycles. The van der Waals surface area contributed by atoms with Crippen molar-refractivity contribution in [2.45, 2.75) is 32.1 Å². The van der Waals surface area contributed by atoms with Crippen LogP contribution in [-0.2, 0) is 11.2 Å². The Morgan fingerprint density at radius 3 is 3.00 bits per heavy atom. The standard InChI is InChI=1S/C13H14N4O3/c1-8-10(6-14)11(16-19-8)5-12-15-13(17-20-12)9-3-2-4-18-7-9/h9H,2-5,7H2,1H3. The lowest BCUT2D eigenvalue weighted by atomic mass is 10.0. The molecule has 3 rings (SSSR count). The van der Waals surface area contributed by atoms with E-state index < -0.39 is 0 Å². The summed E-state index contributed by atoms with van der Waals surface area (Å²) in [6.45, 7) is 3.13. The fourth-order valence-electron chi connectivity index (χ4n) is 2.28. The molecule has 7 heteroatoms. The fraction of sp³-hybridized carbons (Fsp3) is 0.538. The first-order valence-electron chi connectivity index (χ1n) is 6.53. The molecule has 0 amide bonds. The summed E-state index contributed by atoms with van der Waals surface area (Å²) in [5.74, 6) is 1.80. The average molecular weight is 274 g/mol. The monoisotopic (exact) mass is 274 g/mol. The van der Waals surface area contributed by atoms with Crippen molar-refractivity contribution < 1.29 is 13.8 Å². The second-order valence-corrected chi connectivity index (χ2v) is 4.81. The zero-order valence-electron chi connectivity index (χ0n) is 11.1. The number of nitriles is 1. The smallest absolute Gasteiger partial charge is 0.232 e. The molecule has 1 saturated heterocycles. The number of aryl methyl sites for hydroxylation is 1. The van der Waals surface area contributed by atoms with Gasteiger partial charge in [0.25, 0.3) is 0 Å². The van der Waals surface area contributed by atoms with Gasteiger partial charge in [-0.05, 0) is 19.8 Å². The Morgan fingerprint density at radius 1 is 1.35 bits per heavy atom. The summed E-state index contributed by atoms with van der Waals surface area (Å²) in [5.41, 5.74) is 0.964.